The second-order valence-corrected chi connectivity index (χ2v) is 7.35. The third-order valence-corrected chi connectivity index (χ3v) is 4.94. The van der Waals surface area contributed by atoms with Crippen LogP contribution in [0.2, 0.25) is 0 Å². The van der Waals surface area contributed by atoms with Gasteiger partial charge in [-0.25, -0.2) is 0 Å². The van der Waals surface area contributed by atoms with E-state index in [1.165, 1.54) is 12.1 Å². The van der Waals surface area contributed by atoms with Crippen LogP contribution in [-0.4, -0.2) is 5.78 Å². The number of hydrogen-bond donors (Lipinski definition) is 0. The minimum atomic E-state index is -4.34. The molecule has 0 saturated carbocycles. The van der Waals surface area contributed by atoms with E-state index >= 15 is 0 Å². The predicted molar refractivity (Wildman–Crippen MR) is 111 cm³/mol. The lowest BCUT2D eigenvalue weighted by molar-refractivity contribution is -0.137. The highest BCUT2D eigenvalue weighted by atomic mass is 19.4. The Bertz CT molecular complexity index is 1020. The molecule has 0 N–H and O–H groups in total. The molecular weight excluding hydrogens is 389 g/mol. The monoisotopic (exact) mass is 412 g/mol. The van der Waals surface area contributed by atoms with Crippen molar-refractivity contribution >= 4 is 5.78 Å². The van der Waals surface area contributed by atoms with E-state index in [4.69, 9.17) is 4.74 Å². The van der Waals surface area contributed by atoms with Gasteiger partial charge in [0.15, 0.2) is 0 Å². The van der Waals surface area contributed by atoms with Gasteiger partial charge in [0.2, 0.25) is 0 Å². The molecule has 0 radical (unpaired) electrons. The fourth-order valence-corrected chi connectivity index (χ4v) is 3.21. The van der Waals surface area contributed by atoms with Gasteiger partial charge >= 0.3 is 6.18 Å². The number of aryl methyl sites for hydroxylation is 2. The van der Waals surface area contributed by atoms with E-state index in [2.05, 4.69) is 0 Å². The fourth-order valence-electron chi connectivity index (χ4n) is 3.21. The highest BCUT2D eigenvalue weighted by Gasteiger charge is 2.29. The molecule has 0 aliphatic rings. The summed E-state index contributed by atoms with van der Waals surface area (Å²) in [6, 6.07) is 18.5. The Morgan fingerprint density at radius 1 is 0.933 bits per heavy atom. The van der Waals surface area contributed by atoms with Crippen LogP contribution in [0.3, 0.4) is 0 Å². The average molecular weight is 412 g/mol. The Morgan fingerprint density at radius 2 is 1.67 bits per heavy atom. The van der Waals surface area contributed by atoms with E-state index in [0.717, 1.165) is 52.1 Å². The number of carbonyl (C=O) groups excluding carboxylic acids is 1. The number of hydrogen-bond acceptors (Lipinski definition) is 2. The van der Waals surface area contributed by atoms with E-state index in [1.54, 1.807) is 6.92 Å². The van der Waals surface area contributed by atoms with Gasteiger partial charge < -0.3 is 9.53 Å². The van der Waals surface area contributed by atoms with Gasteiger partial charge in [-0.1, -0.05) is 36.4 Å². The lowest BCUT2D eigenvalue weighted by Crippen LogP contribution is -2.04. The van der Waals surface area contributed by atoms with E-state index in [-0.39, 0.29) is 5.78 Å². The summed E-state index contributed by atoms with van der Waals surface area (Å²) in [4.78, 5) is 11.2. The number of carbonyl (C=O) groups is 1. The SMILES string of the molecule is CC(=O)CCc1ccc(OCc2cccc(-c3ccc(C(F)(F)F)cc3)c2)cc1C. The van der Waals surface area contributed by atoms with Crippen molar-refractivity contribution in [2.75, 3.05) is 0 Å². The molecule has 3 rings (SSSR count). The summed E-state index contributed by atoms with van der Waals surface area (Å²) in [7, 11) is 0. The Kier molecular flexibility index (Phi) is 6.60. The fraction of sp³-hybridized carbons (Fsp3) is 0.240. The number of ketones is 1. The molecule has 0 aliphatic heterocycles. The summed E-state index contributed by atoms with van der Waals surface area (Å²) in [6.07, 6.45) is -3.09. The van der Waals surface area contributed by atoms with Crippen molar-refractivity contribution in [2.24, 2.45) is 0 Å². The summed E-state index contributed by atoms with van der Waals surface area (Å²) in [5, 5.41) is 0. The topological polar surface area (TPSA) is 26.3 Å². The predicted octanol–water partition coefficient (Wildman–Crippen LogP) is 6.78. The van der Waals surface area contributed by atoms with Crippen molar-refractivity contribution in [3.8, 4) is 16.9 Å². The van der Waals surface area contributed by atoms with Gasteiger partial charge in [0.1, 0.15) is 18.1 Å². The molecule has 0 saturated heterocycles. The lowest BCUT2D eigenvalue weighted by Gasteiger charge is -2.11. The van der Waals surface area contributed by atoms with Crippen LogP contribution >= 0.6 is 0 Å². The zero-order valence-corrected chi connectivity index (χ0v) is 16.9. The van der Waals surface area contributed by atoms with Gasteiger partial charge in [-0.3, -0.25) is 0 Å². The number of alkyl halides is 3. The normalized spacial score (nSPS) is 11.4. The third kappa shape index (κ3) is 5.72. The van der Waals surface area contributed by atoms with Gasteiger partial charge in [-0.15, -0.1) is 0 Å². The number of Topliss-reactive ketones (excluding diaryl/α,β-unsaturated/α-hetero) is 1. The van der Waals surface area contributed by atoms with E-state index in [1.807, 2.05) is 49.4 Å². The van der Waals surface area contributed by atoms with Crippen LogP contribution in [-0.2, 0) is 24.0 Å². The molecule has 0 fully saturated rings. The summed E-state index contributed by atoms with van der Waals surface area (Å²) < 4.78 is 44.1. The maximum Gasteiger partial charge on any atom is 0.416 e. The molecule has 0 amide bonds. The Morgan fingerprint density at radius 3 is 2.30 bits per heavy atom. The van der Waals surface area contributed by atoms with Crippen molar-refractivity contribution in [3.05, 3.63) is 89.0 Å². The maximum atomic E-state index is 12.7. The summed E-state index contributed by atoms with van der Waals surface area (Å²) in [6.45, 7) is 3.93. The van der Waals surface area contributed by atoms with Crippen molar-refractivity contribution in [1.29, 1.82) is 0 Å². The first-order valence-electron chi connectivity index (χ1n) is 9.71. The molecule has 0 unspecified atom stereocenters. The molecule has 0 spiro atoms. The zero-order chi connectivity index (χ0) is 21.7. The smallest absolute Gasteiger partial charge is 0.416 e. The van der Waals surface area contributed by atoms with Crippen LogP contribution in [0.4, 0.5) is 13.2 Å². The van der Waals surface area contributed by atoms with Crippen LogP contribution in [0.5, 0.6) is 5.75 Å². The highest BCUT2D eigenvalue weighted by Crippen LogP contribution is 2.31. The zero-order valence-electron chi connectivity index (χ0n) is 16.9. The number of ether oxygens (including phenoxy) is 1. The van der Waals surface area contributed by atoms with Crippen LogP contribution in [0, 0.1) is 6.92 Å². The first-order chi connectivity index (χ1) is 14.2. The van der Waals surface area contributed by atoms with E-state index in [0.29, 0.717) is 13.0 Å². The molecule has 2 nitrogen and oxygen atoms in total. The highest BCUT2D eigenvalue weighted by molar-refractivity contribution is 5.75. The first-order valence-corrected chi connectivity index (χ1v) is 9.71. The van der Waals surface area contributed by atoms with Gasteiger partial charge in [0.25, 0.3) is 0 Å². The Hall–Kier alpha value is -3.08. The van der Waals surface area contributed by atoms with Crippen molar-refractivity contribution in [3.63, 3.8) is 0 Å². The summed E-state index contributed by atoms with van der Waals surface area (Å²) >= 11 is 0. The van der Waals surface area contributed by atoms with Gasteiger partial charge in [0.05, 0.1) is 5.56 Å². The molecule has 0 aliphatic carbocycles. The lowest BCUT2D eigenvalue weighted by atomic mass is 10.0. The number of benzene rings is 3. The minimum Gasteiger partial charge on any atom is -0.489 e. The summed E-state index contributed by atoms with van der Waals surface area (Å²) in [5.74, 6) is 0.904. The van der Waals surface area contributed by atoms with Gasteiger partial charge in [0, 0.05) is 6.42 Å². The maximum absolute atomic E-state index is 12.7. The van der Waals surface area contributed by atoms with Crippen molar-refractivity contribution in [2.45, 2.75) is 39.5 Å². The molecule has 30 heavy (non-hydrogen) atoms. The summed E-state index contributed by atoms with van der Waals surface area (Å²) in [5.41, 5.74) is 4.02. The van der Waals surface area contributed by atoms with Crippen molar-refractivity contribution < 1.29 is 22.7 Å². The average Bonchev–Trinajstić information content (AvgIpc) is 2.71. The molecule has 0 bridgehead atoms. The standard InChI is InChI=1S/C25H23F3O2/c1-17-14-24(13-10-20(17)7-6-18(2)29)30-16-19-4-3-5-22(15-19)21-8-11-23(12-9-21)25(26,27)28/h3-5,8-15H,6-7,16H2,1-2H3. The van der Waals surface area contributed by atoms with Gasteiger partial charge in [-0.2, -0.15) is 13.2 Å². The van der Waals surface area contributed by atoms with Crippen molar-refractivity contribution in [1.82, 2.24) is 0 Å². The van der Waals surface area contributed by atoms with Crippen LogP contribution < -0.4 is 4.74 Å². The molecule has 0 atom stereocenters. The molecule has 0 aromatic heterocycles. The minimum absolute atomic E-state index is 0.169. The quantitative estimate of drug-likeness (QED) is 0.427. The third-order valence-electron chi connectivity index (χ3n) is 4.94. The molecule has 156 valence electrons. The van der Waals surface area contributed by atoms with Gasteiger partial charge in [-0.05, 0) is 78.4 Å². The van der Waals surface area contributed by atoms with Crippen LogP contribution in [0.15, 0.2) is 66.7 Å². The van der Waals surface area contributed by atoms with E-state index < -0.39 is 11.7 Å². The molecular formula is C25H23F3O2. The Labute approximate surface area is 174 Å². The first kappa shape index (κ1) is 21.6. The number of rotatable bonds is 7. The molecule has 3 aromatic carbocycles. The van der Waals surface area contributed by atoms with Crippen LogP contribution in [0.1, 0.15) is 35.6 Å². The van der Waals surface area contributed by atoms with E-state index in [9.17, 15) is 18.0 Å². The largest absolute Gasteiger partial charge is 0.489 e. The molecule has 5 heteroatoms. The number of halogens is 3. The second-order valence-electron chi connectivity index (χ2n) is 7.35. The second kappa shape index (κ2) is 9.16. The molecule has 0 heterocycles. The Balaban J connectivity index is 1.67. The van der Waals surface area contributed by atoms with Crippen LogP contribution in [0.25, 0.3) is 11.1 Å². The molecule has 3 aromatic rings.